The molecule has 0 radical (unpaired) electrons. The van der Waals surface area contributed by atoms with Crippen molar-refractivity contribution in [1.29, 1.82) is 0 Å². The number of carbonyl (C=O) groups is 1. The lowest BCUT2D eigenvalue weighted by Gasteiger charge is -2.29. The molecule has 0 spiro atoms. The number of H-pyrrole nitrogens is 1. The van der Waals surface area contributed by atoms with E-state index >= 15 is 0 Å². The van der Waals surface area contributed by atoms with Crippen LogP contribution in [0.4, 0.5) is 14.9 Å². The van der Waals surface area contributed by atoms with Crippen LogP contribution < -0.4 is 20.3 Å². The van der Waals surface area contributed by atoms with Gasteiger partial charge < -0.3 is 14.5 Å². The summed E-state index contributed by atoms with van der Waals surface area (Å²) in [5, 5.41) is 11.2. The van der Waals surface area contributed by atoms with E-state index in [0.717, 1.165) is 53.3 Å². The van der Waals surface area contributed by atoms with Gasteiger partial charge in [-0.3, -0.25) is 4.90 Å². The Bertz CT molecular complexity index is 1330. The first-order chi connectivity index (χ1) is 17.2. The molecule has 1 amide bonds. The molecule has 9 heteroatoms. The number of azo groups is 1. The fourth-order valence-electron chi connectivity index (χ4n) is 4.96. The molecule has 7 nitrogen and oxygen atoms in total. The van der Waals surface area contributed by atoms with E-state index in [-0.39, 0.29) is 17.8 Å². The number of anilines is 1. The van der Waals surface area contributed by atoms with E-state index in [2.05, 4.69) is 15.2 Å². The summed E-state index contributed by atoms with van der Waals surface area (Å²) in [6.07, 6.45) is 6.79. The Labute approximate surface area is 214 Å². The largest absolute Gasteiger partial charge is 0.490 e. The van der Waals surface area contributed by atoms with E-state index in [0.29, 0.717) is 23.9 Å². The van der Waals surface area contributed by atoms with Gasteiger partial charge in [-0.05, 0) is 82.9 Å². The third-order valence-corrected chi connectivity index (χ3v) is 6.84. The maximum absolute atomic E-state index is 13.2. The van der Waals surface area contributed by atoms with Crippen molar-refractivity contribution in [2.75, 3.05) is 11.4 Å². The van der Waals surface area contributed by atoms with E-state index in [1.54, 1.807) is 23.1 Å². The van der Waals surface area contributed by atoms with Gasteiger partial charge in [-0.2, -0.15) is 10.2 Å². The molecule has 2 aromatic rings. The molecule has 1 fully saturated rings. The number of ether oxygens (including phenoxy) is 2. The van der Waals surface area contributed by atoms with Gasteiger partial charge >= 0.3 is 6.09 Å². The minimum atomic E-state index is -0.622. The van der Waals surface area contributed by atoms with Crippen molar-refractivity contribution in [2.45, 2.75) is 64.7 Å². The van der Waals surface area contributed by atoms with E-state index in [4.69, 9.17) is 21.1 Å². The molecule has 0 unspecified atom stereocenters. The number of carbonyl (C=O) groups excluding carboxylic acids is 1. The minimum absolute atomic E-state index is 0.0765. The molecule has 0 bridgehead atoms. The van der Waals surface area contributed by atoms with Crippen LogP contribution >= 0.6 is 11.6 Å². The zero-order chi connectivity index (χ0) is 25.4. The van der Waals surface area contributed by atoms with Crippen LogP contribution in [0.2, 0.25) is 0 Å². The molecule has 1 aromatic heterocycles. The van der Waals surface area contributed by atoms with Gasteiger partial charge in [-0.1, -0.05) is 11.6 Å². The maximum atomic E-state index is 13.2. The van der Waals surface area contributed by atoms with Crippen LogP contribution in [0.5, 0.6) is 5.75 Å². The van der Waals surface area contributed by atoms with Gasteiger partial charge in [0.1, 0.15) is 17.2 Å². The second kappa shape index (κ2) is 9.73. The molecule has 3 aliphatic rings. The first kappa shape index (κ1) is 24.6. The lowest BCUT2D eigenvalue weighted by atomic mass is 9.84. The quantitative estimate of drug-likeness (QED) is 0.587. The highest BCUT2D eigenvalue weighted by Gasteiger charge is 2.32. The number of nitrogens with zero attached hydrogens (tertiary/aromatic N) is 3. The second-order valence-corrected chi connectivity index (χ2v) is 10.8. The van der Waals surface area contributed by atoms with Crippen molar-refractivity contribution in [2.24, 2.45) is 16.1 Å². The van der Waals surface area contributed by atoms with Gasteiger partial charge in [-0.25, -0.2) is 9.18 Å². The monoisotopic (exact) mass is 512 g/mol. The molecule has 1 aliphatic carbocycles. The summed E-state index contributed by atoms with van der Waals surface area (Å²) >= 11 is 6.41. The summed E-state index contributed by atoms with van der Waals surface area (Å²) in [4.78, 5) is 18.2. The number of hydrogen-bond acceptors (Lipinski definition) is 5. The fourth-order valence-corrected chi connectivity index (χ4v) is 5.14. The van der Waals surface area contributed by atoms with Crippen LogP contribution in [-0.2, 0) is 11.3 Å². The third-order valence-electron chi connectivity index (χ3n) is 6.58. The number of amides is 1. The Morgan fingerprint density at radius 3 is 2.58 bits per heavy atom. The first-order valence-corrected chi connectivity index (χ1v) is 12.7. The van der Waals surface area contributed by atoms with E-state index in [1.807, 2.05) is 26.8 Å². The van der Waals surface area contributed by atoms with Gasteiger partial charge in [0.2, 0.25) is 0 Å². The number of hydrogen-bond donors (Lipinski definition) is 1. The van der Waals surface area contributed by atoms with E-state index in [1.165, 1.54) is 12.1 Å². The van der Waals surface area contributed by atoms with Crippen molar-refractivity contribution in [3.05, 3.63) is 57.5 Å². The standard InChI is InChI=1S/C27H30ClFN4O3/c1-27(2,3)36-26(34)33-13-12-17(28)14-22-25(33)21-15-30-32-23(24(21)31-22)16-4-8-19(9-5-16)35-20-10-6-18(29)7-11-20/h6-7,10-12,14,16,19,31H,4-5,8-9,13,15H2,1-3H3/t16-,19-. The van der Waals surface area contributed by atoms with Crippen LogP contribution in [0.25, 0.3) is 11.8 Å². The predicted octanol–water partition coefficient (Wildman–Crippen LogP) is 5.52. The lowest BCUT2D eigenvalue weighted by Crippen LogP contribution is -2.39. The van der Waals surface area contributed by atoms with Gasteiger partial charge in [-0.15, -0.1) is 0 Å². The molecule has 5 rings (SSSR count). The summed E-state index contributed by atoms with van der Waals surface area (Å²) in [6, 6.07) is 6.15. The molecule has 2 aliphatic heterocycles. The van der Waals surface area contributed by atoms with Gasteiger partial charge in [0.15, 0.2) is 0 Å². The van der Waals surface area contributed by atoms with Crippen LogP contribution in [0.1, 0.15) is 52.0 Å². The fraction of sp³-hybridized carbons (Fsp3) is 0.444. The number of benzene rings is 1. The lowest BCUT2D eigenvalue weighted by molar-refractivity contribution is 0.0584. The van der Waals surface area contributed by atoms with Crippen molar-refractivity contribution >= 4 is 35.2 Å². The molecule has 0 atom stereocenters. The first-order valence-electron chi connectivity index (χ1n) is 12.3. The number of rotatable bonds is 3. The Balaban J connectivity index is 1.43. The summed E-state index contributed by atoms with van der Waals surface area (Å²) in [5.41, 5.74) is 1.96. The van der Waals surface area contributed by atoms with Gasteiger partial charge in [0.05, 0.1) is 34.7 Å². The van der Waals surface area contributed by atoms with Crippen LogP contribution in [0.15, 0.2) is 45.6 Å². The summed E-state index contributed by atoms with van der Waals surface area (Å²) in [6.45, 7) is 6.22. The molecule has 3 heterocycles. The molecule has 1 saturated carbocycles. The Kier molecular flexibility index (Phi) is 6.64. The third kappa shape index (κ3) is 5.19. The molecule has 1 N–H and O–H groups in total. The normalized spacial score (nSPS) is 21.6. The molecule has 1 aromatic carbocycles. The highest BCUT2D eigenvalue weighted by Crippen LogP contribution is 2.35. The van der Waals surface area contributed by atoms with Gasteiger partial charge in [0, 0.05) is 23.1 Å². The summed E-state index contributed by atoms with van der Waals surface area (Å²) < 4.78 is 24.9. The average molecular weight is 513 g/mol. The number of nitrogens with one attached hydrogen (secondary N) is 1. The number of allylic oxidation sites excluding steroid dienone is 1. The highest BCUT2D eigenvalue weighted by atomic mass is 35.5. The zero-order valence-electron chi connectivity index (χ0n) is 20.7. The van der Waals surface area contributed by atoms with Crippen molar-refractivity contribution in [3.63, 3.8) is 0 Å². The van der Waals surface area contributed by atoms with Crippen LogP contribution in [-0.4, -0.2) is 29.3 Å². The summed E-state index contributed by atoms with van der Waals surface area (Å²) in [7, 11) is 0. The van der Waals surface area contributed by atoms with Crippen molar-refractivity contribution < 1.29 is 18.7 Å². The van der Waals surface area contributed by atoms with Crippen molar-refractivity contribution in [3.8, 4) is 5.75 Å². The van der Waals surface area contributed by atoms with Crippen LogP contribution in [0.3, 0.4) is 0 Å². The Morgan fingerprint density at radius 1 is 1.17 bits per heavy atom. The number of aromatic nitrogens is 1. The molecular weight excluding hydrogens is 483 g/mol. The van der Waals surface area contributed by atoms with Crippen molar-refractivity contribution in [1.82, 2.24) is 4.98 Å². The zero-order valence-corrected chi connectivity index (χ0v) is 21.4. The second-order valence-electron chi connectivity index (χ2n) is 10.4. The molecule has 190 valence electrons. The van der Waals surface area contributed by atoms with Crippen LogP contribution in [0, 0.1) is 11.7 Å². The SMILES string of the molecule is CC(C)(C)OC(=O)N1CC=C(Cl)C=c2[nH]c3c(c21)CN=NC=3[C@H]1CC[C@H](Oc2ccc(F)cc2)CC1. The predicted molar refractivity (Wildman–Crippen MR) is 137 cm³/mol. The summed E-state index contributed by atoms with van der Waals surface area (Å²) in [5.74, 6) is 0.622. The highest BCUT2D eigenvalue weighted by molar-refractivity contribution is 6.34. The smallest absolute Gasteiger partial charge is 0.415 e. The topological polar surface area (TPSA) is 79.3 Å². The molecule has 36 heavy (non-hydrogen) atoms. The minimum Gasteiger partial charge on any atom is -0.490 e. The molecular formula is C27H30ClFN4O3. The number of halogens is 2. The number of aromatic amines is 1. The Hall–Kier alpha value is -3.13. The number of fused-ring (bicyclic) bond motifs is 3. The maximum Gasteiger partial charge on any atom is 0.415 e. The van der Waals surface area contributed by atoms with E-state index in [9.17, 15) is 9.18 Å². The average Bonchev–Trinajstić information content (AvgIpc) is 3.09. The van der Waals surface area contributed by atoms with E-state index < -0.39 is 11.7 Å². The Morgan fingerprint density at radius 2 is 1.89 bits per heavy atom. The molecule has 0 saturated heterocycles. The van der Waals surface area contributed by atoms with Gasteiger partial charge in [0.25, 0.3) is 0 Å².